The normalized spacial score (nSPS) is 25.5. The van der Waals surface area contributed by atoms with Crippen LogP contribution in [0.15, 0.2) is 167 Å². The molecule has 10 bridgehead atoms. The van der Waals surface area contributed by atoms with Gasteiger partial charge in [-0.15, -0.1) is 0 Å². The number of Topliss-reactive ketones (excluding diaryl/α,β-unsaturated/α-hetero) is 2. The number of rotatable bonds is 34. The number of carbonyl (C=O) groups excluding carboxylic acids is 8. The van der Waals surface area contributed by atoms with Crippen molar-refractivity contribution in [3.05, 3.63) is 251 Å². The minimum Gasteiger partial charge on any atom is -0.486 e. The minimum absolute atomic E-state index is 0.00136. The molecule has 0 spiro atoms. The van der Waals surface area contributed by atoms with E-state index in [0.717, 1.165) is 138 Å². The van der Waals surface area contributed by atoms with Gasteiger partial charge in [0.1, 0.15) is 65.1 Å². The second-order valence-corrected chi connectivity index (χ2v) is 44.4. The van der Waals surface area contributed by atoms with E-state index in [4.69, 9.17) is 107 Å². The van der Waals surface area contributed by atoms with Crippen molar-refractivity contribution in [1.29, 1.82) is 0 Å². The molecule has 15 aliphatic rings. The highest BCUT2D eigenvalue weighted by molar-refractivity contribution is 6.42. The second-order valence-electron chi connectivity index (χ2n) is 41.9. The van der Waals surface area contributed by atoms with Gasteiger partial charge in [0.05, 0.1) is 56.5 Å². The molecule has 15 saturated carbocycles. The lowest BCUT2D eigenvalue weighted by atomic mass is 9.38. The van der Waals surface area contributed by atoms with Crippen LogP contribution in [0.25, 0.3) is 5.65 Å². The number of halogens is 13. The number of aromatic nitrogens is 8. The predicted octanol–water partition coefficient (Wildman–Crippen LogP) is 20.5. The van der Waals surface area contributed by atoms with Gasteiger partial charge in [-0.1, -0.05) is 93.8 Å². The molecule has 150 heavy (non-hydrogen) atoms. The van der Waals surface area contributed by atoms with Crippen LogP contribution >= 0.6 is 69.6 Å². The first kappa shape index (κ1) is 109. The van der Waals surface area contributed by atoms with Gasteiger partial charge in [-0.25, -0.2) is 37.0 Å². The largest absolute Gasteiger partial charge is 0.486 e. The quantitative estimate of drug-likeness (QED) is 0.0184. The lowest BCUT2D eigenvalue weighted by molar-refractivity contribution is -0.166. The summed E-state index contributed by atoms with van der Waals surface area (Å²) in [6.45, 7) is 9.23. The number of ketones is 2. The topological polar surface area (TPSA) is 397 Å². The van der Waals surface area contributed by atoms with Crippen molar-refractivity contribution in [1.82, 2.24) is 71.8 Å². The average Bonchev–Trinajstić information content (AvgIpc) is 0.696. The fourth-order valence-corrected chi connectivity index (χ4v) is 24.5. The first-order valence-electron chi connectivity index (χ1n) is 48.8. The summed E-state index contributed by atoms with van der Waals surface area (Å²) in [6, 6.07) is 31.6. The molecule has 15 fully saturated rings. The zero-order valence-electron chi connectivity index (χ0n) is 82.4. The van der Waals surface area contributed by atoms with E-state index in [9.17, 15) is 69.1 Å². The molecule has 15 aliphatic carbocycles. The summed E-state index contributed by atoms with van der Waals surface area (Å²) in [4.78, 5) is 117. The van der Waals surface area contributed by atoms with Crippen LogP contribution in [0, 0.1) is 60.5 Å². The summed E-state index contributed by atoms with van der Waals surface area (Å²) in [5.41, 5.74) is 1.19. The third-order valence-corrected chi connectivity index (χ3v) is 32.6. The van der Waals surface area contributed by atoms with Crippen molar-refractivity contribution >= 4 is 128 Å². The van der Waals surface area contributed by atoms with Crippen LogP contribution in [-0.2, 0) is 36.6 Å². The Balaban J connectivity index is 0.000000128. The van der Waals surface area contributed by atoms with Crippen molar-refractivity contribution in [2.45, 2.75) is 227 Å². The van der Waals surface area contributed by atoms with Crippen LogP contribution in [0.2, 0.25) is 30.1 Å². The molecule has 0 saturated heterocycles. The number of nitrogens with zero attached hydrogens (tertiary/aromatic N) is 8. The number of fused-ring (bicyclic) bond motifs is 7. The van der Waals surface area contributed by atoms with Crippen molar-refractivity contribution < 1.29 is 107 Å². The summed E-state index contributed by atoms with van der Waals surface area (Å²) in [6.07, 6.45) is 16.8. The molecule has 0 unspecified atom stereocenters. The Kier molecular flexibility index (Phi) is 31.6. The Morgan fingerprint density at radius 1 is 0.467 bits per heavy atom. The number of benzene rings is 5. The van der Waals surface area contributed by atoms with Crippen molar-refractivity contribution in [3.63, 3.8) is 0 Å². The Labute approximate surface area is 887 Å². The third-order valence-electron chi connectivity index (χ3n) is 30.4. The highest BCUT2D eigenvalue weighted by Crippen LogP contribution is 2.71. The van der Waals surface area contributed by atoms with E-state index >= 15 is 0 Å². The number of aryl methyl sites for hydroxylation is 3. The van der Waals surface area contributed by atoms with Crippen LogP contribution in [0.4, 0.5) is 36.6 Å². The van der Waals surface area contributed by atoms with Gasteiger partial charge in [0.2, 0.25) is 17.4 Å². The smallest absolute Gasteiger partial charge is 0.416 e. The lowest BCUT2D eigenvalue weighted by Crippen LogP contribution is -2.75. The highest BCUT2D eigenvalue weighted by Gasteiger charge is 2.71. The van der Waals surface area contributed by atoms with Gasteiger partial charge in [0.25, 0.3) is 41.9 Å². The number of anilines is 1. The molecule has 11 aromatic rings. The van der Waals surface area contributed by atoms with Crippen molar-refractivity contribution in [3.8, 4) is 34.6 Å². The lowest BCUT2D eigenvalue weighted by Gasteiger charge is -2.71. The molecule has 31 nitrogen and oxygen atoms in total. The maximum Gasteiger partial charge on any atom is 0.416 e. The number of methoxy groups -OCH3 is 1. The molecular weight excluding hydrogens is 2080 g/mol. The number of hydrogen-bond donors (Lipinski definition) is 7. The zero-order valence-corrected chi connectivity index (χ0v) is 86.9. The van der Waals surface area contributed by atoms with Crippen LogP contribution in [0.5, 0.6) is 34.6 Å². The highest BCUT2D eigenvalue weighted by atomic mass is 35.5. The van der Waals surface area contributed by atoms with Gasteiger partial charge in [-0.3, -0.25) is 43.3 Å². The maximum atomic E-state index is 13.4. The molecule has 5 aromatic carbocycles. The minimum atomic E-state index is -4.39. The van der Waals surface area contributed by atoms with Gasteiger partial charge in [0, 0.05) is 111 Å². The Hall–Kier alpha value is -12.6. The van der Waals surface area contributed by atoms with E-state index in [0.29, 0.717) is 111 Å². The number of carbonyl (C=O) groups is 8. The van der Waals surface area contributed by atoms with Gasteiger partial charge in [-0.05, 0) is 285 Å². The Morgan fingerprint density at radius 3 is 1.43 bits per heavy atom. The van der Waals surface area contributed by atoms with Crippen LogP contribution in [0.3, 0.4) is 0 Å². The molecule has 7 N–H and O–H groups in total. The molecule has 794 valence electrons. The Morgan fingerprint density at radius 2 is 0.940 bits per heavy atom. The fraction of sp³-hybridized carbons (Fsp3) is 0.443. The average molecular weight is 2190 g/mol. The summed E-state index contributed by atoms with van der Waals surface area (Å²) < 4.78 is 135. The molecule has 0 aliphatic heterocycles. The molecular formula is C106H108Cl6F7N15O16. The number of imidazole rings is 1. The van der Waals surface area contributed by atoms with Crippen molar-refractivity contribution in [2.75, 3.05) is 45.5 Å². The standard InChI is InChI=1S/C22H25Cl2N3O4.C22H23ClF3N3O4.C22H21ClN4O3.C21H20ClF3N2O2.C19H19ClFN3O3/c1-13-11-21(26-20(29)18-9-14(2)27-31-18)5-7-22(13,8-6-21)25-19(28)12-30-15-3-4-16(23)17(24)10-15;1-12-10-21(28-20(31)17-9-16(19(25)26)29-33-17)4-6-22(12,7-5-21)27-18(30)11-32-13-2-3-15(24)14(23)8-13;1-14-7-16(4-5-17(14)23)30-10-15(28)8-21-11-22(12-21,13-21)26-20(29)18-9-24-19-3-2-6-25-27(18)19;1-13-6-16(2-3-17(13)22)29-9-15(28)8-19-10-20(11-19,12-19)27-18-7-14(4-5-26-18)21(23,24)25;1-26-17-7-22-6-12(23-17)5-18-9-19(10-18,11-18)24-16(25)8-27-13-2-3-14(20)15(21)4-13/h3-4,9-10,13H,5-8,11-12H2,1-2H3,(H,25,28)(H,26,29);2-3,8-9,12,19H,4-7,10-11H2,1H3,(H,27,30)(H,28,31);2-7,9H,8,10-13H2,1H3,(H,26,29);2-7H,8-12H2,1H3,(H,26,27);2-4,6-7H,5,8-11H2,1H3,(H,24,25)/t13-,21?,22?;12-,21?,22?;;;/m00.../s1. The molecule has 0 radical (unpaired) electrons. The number of ether oxygens (including phenoxy) is 6. The van der Waals surface area contributed by atoms with E-state index in [2.05, 4.69) is 79.5 Å². The molecule has 6 amide bonds. The van der Waals surface area contributed by atoms with E-state index in [1.54, 1.807) is 99.4 Å². The number of hydrogen-bond acceptors (Lipinski definition) is 24. The summed E-state index contributed by atoms with van der Waals surface area (Å²) in [5, 5.41) is 35.0. The van der Waals surface area contributed by atoms with Crippen molar-refractivity contribution in [2.24, 2.45) is 28.1 Å². The molecule has 44 heteroatoms. The van der Waals surface area contributed by atoms with E-state index < -0.39 is 52.5 Å². The van der Waals surface area contributed by atoms with Gasteiger partial charge in [-0.2, -0.15) is 18.3 Å². The third kappa shape index (κ3) is 24.9. The Bertz CT molecular complexity index is 6900. The molecule has 2 atom stereocenters. The number of alkyl halides is 5. The van der Waals surface area contributed by atoms with Gasteiger partial charge in [0.15, 0.2) is 42.7 Å². The van der Waals surface area contributed by atoms with E-state index in [1.807, 2.05) is 26.8 Å². The van der Waals surface area contributed by atoms with E-state index in [-0.39, 0.29) is 163 Å². The first-order valence-corrected chi connectivity index (χ1v) is 51.0. The number of nitrogens with one attached hydrogen (secondary N) is 7. The summed E-state index contributed by atoms with van der Waals surface area (Å²) in [5.74, 6) is 0.561. The van der Waals surface area contributed by atoms with Crippen LogP contribution < -0.4 is 65.6 Å². The second kappa shape index (κ2) is 43.6. The molecule has 6 aromatic heterocycles. The van der Waals surface area contributed by atoms with Crippen LogP contribution in [0.1, 0.15) is 220 Å². The predicted molar refractivity (Wildman–Crippen MR) is 539 cm³/mol. The number of amides is 6. The zero-order chi connectivity index (χ0) is 107. The number of pyridine rings is 1. The van der Waals surface area contributed by atoms with Gasteiger partial charge >= 0.3 is 6.18 Å². The van der Waals surface area contributed by atoms with E-state index in [1.165, 1.54) is 47.1 Å². The monoisotopic (exact) mass is 2190 g/mol. The molecule has 6 heterocycles. The summed E-state index contributed by atoms with van der Waals surface area (Å²) in [7, 11) is 1.57. The fourth-order valence-electron chi connectivity index (χ4n) is 23.7. The first-order chi connectivity index (χ1) is 71.2. The SMILES string of the molecule is COc1cncc(CC23CC(NC(=O)COc4ccc(Cl)c(F)c4)(C2)C3)n1.C[C@H]1CC2(NC(=O)c3cc(C(F)F)no3)CCC1(NC(=O)COc1ccc(F)c(Cl)c1)CC2.Cc1cc(C(=O)NC23CCC(NC(=O)COc4ccc(Cl)c(Cl)c4)(CC2)[C@@H](C)C3)on1.Cc1cc(OCC(=O)CC23CC(NC(=O)c4cnc5cccnn45)(C2)C3)ccc1Cl.Cc1cc(OCC(=O)CC23CC(Nc4cc(C(F)(F)F)ccn4)(C2)C3)ccc1Cl. The van der Waals surface area contributed by atoms with Crippen LogP contribution in [-0.4, -0.2) is 166 Å². The summed E-state index contributed by atoms with van der Waals surface area (Å²) >= 11 is 35.2. The maximum absolute atomic E-state index is 13.4. The molecule has 26 rings (SSSR count). The van der Waals surface area contributed by atoms with Gasteiger partial charge < -0.3 is 74.7 Å².